The summed E-state index contributed by atoms with van der Waals surface area (Å²) >= 11 is 5.28. The van der Waals surface area contributed by atoms with E-state index in [1.54, 1.807) is 12.7 Å². The van der Waals surface area contributed by atoms with Gasteiger partial charge < -0.3 is 9.55 Å². The highest BCUT2D eigenvalue weighted by molar-refractivity contribution is 7.71. The number of fused-ring (bicyclic) bond motifs is 6. The number of nitrogens with one attached hydrogen (secondary N) is 1. The molecule has 4 aliphatic carbocycles. The van der Waals surface area contributed by atoms with Crippen LogP contribution in [-0.2, 0) is 16.1 Å². The Morgan fingerprint density at radius 1 is 1.15 bits per heavy atom. The van der Waals surface area contributed by atoms with Crippen molar-refractivity contribution in [2.45, 2.75) is 71.8 Å². The average Bonchev–Trinajstić information content (AvgIpc) is 3.36. The molecule has 6 rings (SSSR count). The number of aromatic nitrogens is 4. The fraction of sp³-hybridized carbons (Fsp3) is 0.654. The van der Waals surface area contributed by atoms with E-state index in [2.05, 4.69) is 28.8 Å². The quantitative estimate of drug-likeness (QED) is 0.631. The molecule has 6 atom stereocenters. The molecule has 0 saturated heterocycles. The van der Waals surface area contributed by atoms with Crippen LogP contribution in [0.25, 0.3) is 11.2 Å². The van der Waals surface area contributed by atoms with Crippen LogP contribution in [0.15, 0.2) is 24.3 Å². The van der Waals surface area contributed by atoms with E-state index in [4.69, 9.17) is 12.2 Å². The second kappa shape index (κ2) is 7.42. The lowest BCUT2D eigenvalue weighted by atomic mass is 9.46. The molecule has 0 radical (unpaired) electrons. The van der Waals surface area contributed by atoms with Crippen LogP contribution in [0.2, 0.25) is 0 Å². The molecule has 6 unspecified atom stereocenters. The average molecular weight is 465 g/mol. The smallest absolute Gasteiger partial charge is 0.157 e. The van der Waals surface area contributed by atoms with Crippen molar-refractivity contribution in [2.24, 2.45) is 34.5 Å². The molecule has 6 nitrogen and oxygen atoms in total. The first-order valence-electron chi connectivity index (χ1n) is 12.5. The largest absolute Gasteiger partial charge is 0.330 e. The molecule has 1 N–H and O–H groups in total. The standard InChI is InChI=1S/C26H32N4O2S/c1-25-9-7-16(31)11-15(25)3-4-17-18-5-6-20(26(18,2)10-8-19(17)25)21(32)12-30-14-29-22-23(30)27-13-28-24(22)33/h11,13-14,17-20H,3-10,12H2,1-2H3,(H,27,28,33). The summed E-state index contributed by atoms with van der Waals surface area (Å²) in [6.45, 7) is 5.15. The number of allylic oxidation sites excluding steroid dienone is 1. The number of hydrogen-bond donors (Lipinski definition) is 1. The summed E-state index contributed by atoms with van der Waals surface area (Å²) in [6, 6.07) is 0. The fourth-order valence-corrected chi connectivity index (χ4v) is 8.59. The van der Waals surface area contributed by atoms with Gasteiger partial charge in [0.25, 0.3) is 0 Å². The normalized spacial score (nSPS) is 37.9. The molecule has 0 spiro atoms. The Balaban J connectivity index is 1.25. The molecule has 7 heteroatoms. The van der Waals surface area contributed by atoms with Crippen LogP contribution in [0, 0.1) is 39.1 Å². The van der Waals surface area contributed by atoms with E-state index in [0.717, 1.165) is 37.8 Å². The first-order chi connectivity index (χ1) is 15.8. The molecule has 3 saturated carbocycles. The summed E-state index contributed by atoms with van der Waals surface area (Å²) in [5, 5.41) is 0. The third kappa shape index (κ3) is 3.07. The molecule has 174 valence electrons. The van der Waals surface area contributed by atoms with Gasteiger partial charge in [0.05, 0.1) is 19.2 Å². The molecular weight excluding hydrogens is 432 g/mol. The minimum Gasteiger partial charge on any atom is -0.330 e. The molecule has 0 aromatic carbocycles. The van der Waals surface area contributed by atoms with Crippen molar-refractivity contribution in [1.29, 1.82) is 0 Å². The van der Waals surface area contributed by atoms with Crippen molar-refractivity contribution in [1.82, 2.24) is 19.5 Å². The summed E-state index contributed by atoms with van der Waals surface area (Å²) < 4.78 is 2.36. The summed E-state index contributed by atoms with van der Waals surface area (Å²) in [4.78, 5) is 37.3. The Hall–Kier alpha value is -2.15. The van der Waals surface area contributed by atoms with Gasteiger partial charge in [0.15, 0.2) is 16.2 Å². The van der Waals surface area contributed by atoms with Crippen molar-refractivity contribution in [3.05, 3.63) is 28.9 Å². The van der Waals surface area contributed by atoms with Crippen LogP contribution in [0.5, 0.6) is 0 Å². The maximum absolute atomic E-state index is 13.6. The molecule has 2 aromatic heterocycles. The molecule has 3 fully saturated rings. The number of H-pyrrole nitrogens is 1. The van der Waals surface area contributed by atoms with Crippen LogP contribution < -0.4 is 0 Å². The lowest BCUT2D eigenvalue weighted by molar-refractivity contribution is -0.131. The van der Waals surface area contributed by atoms with Gasteiger partial charge in [-0.3, -0.25) is 9.59 Å². The zero-order valence-corrected chi connectivity index (χ0v) is 20.3. The van der Waals surface area contributed by atoms with E-state index in [1.165, 1.54) is 18.4 Å². The van der Waals surface area contributed by atoms with Crippen molar-refractivity contribution in [2.75, 3.05) is 0 Å². The highest BCUT2D eigenvalue weighted by Crippen LogP contribution is 2.66. The van der Waals surface area contributed by atoms with E-state index in [0.29, 0.717) is 52.4 Å². The lowest BCUT2D eigenvalue weighted by Crippen LogP contribution is -2.51. The molecule has 0 aliphatic heterocycles. The van der Waals surface area contributed by atoms with E-state index in [-0.39, 0.29) is 16.7 Å². The van der Waals surface area contributed by atoms with E-state index in [9.17, 15) is 9.59 Å². The highest BCUT2D eigenvalue weighted by Gasteiger charge is 2.60. The van der Waals surface area contributed by atoms with Crippen LogP contribution in [0.3, 0.4) is 0 Å². The number of rotatable bonds is 3. The van der Waals surface area contributed by atoms with Gasteiger partial charge in [-0.25, -0.2) is 9.97 Å². The summed E-state index contributed by atoms with van der Waals surface area (Å²) in [5.74, 6) is 2.67. The Morgan fingerprint density at radius 3 is 2.85 bits per heavy atom. The van der Waals surface area contributed by atoms with Crippen molar-refractivity contribution in [3.63, 3.8) is 0 Å². The van der Waals surface area contributed by atoms with Crippen molar-refractivity contribution >= 4 is 34.9 Å². The number of aromatic amines is 1. The first kappa shape index (κ1) is 21.4. The minimum atomic E-state index is 0.0745. The van der Waals surface area contributed by atoms with Crippen LogP contribution in [0.4, 0.5) is 0 Å². The van der Waals surface area contributed by atoms with Gasteiger partial charge in [-0.05, 0) is 79.6 Å². The maximum atomic E-state index is 13.6. The summed E-state index contributed by atoms with van der Waals surface area (Å²) in [6.07, 6.45) is 13.6. The van der Waals surface area contributed by atoms with Crippen molar-refractivity contribution < 1.29 is 9.59 Å². The second-order valence-corrected chi connectivity index (χ2v) is 11.8. The minimum absolute atomic E-state index is 0.0745. The fourth-order valence-electron chi connectivity index (χ4n) is 8.39. The second-order valence-electron chi connectivity index (χ2n) is 11.4. The zero-order chi connectivity index (χ0) is 23.0. The van der Waals surface area contributed by atoms with Crippen LogP contribution in [-0.4, -0.2) is 31.1 Å². The Kier molecular flexibility index (Phi) is 4.81. The highest BCUT2D eigenvalue weighted by atomic mass is 32.1. The van der Waals surface area contributed by atoms with Gasteiger partial charge in [0.2, 0.25) is 0 Å². The molecule has 0 amide bonds. The van der Waals surface area contributed by atoms with E-state index < -0.39 is 0 Å². The monoisotopic (exact) mass is 464 g/mol. The number of carbonyl (C=O) groups excluding carboxylic acids is 2. The van der Waals surface area contributed by atoms with E-state index in [1.807, 2.05) is 10.6 Å². The first-order valence-corrected chi connectivity index (χ1v) is 12.9. The molecule has 2 aromatic rings. The Labute approximate surface area is 199 Å². The third-order valence-corrected chi connectivity index (χ3v) is 10.4. The topological polar surface area (TPSA) is 80.6 Å². The predicted molar refractivity (Wildman–Crippen MR) is 128 cm³/mol. The molecular formula is C26H32N4O2S. The molecule has 0 bridgehead atoms. The number of carbonyl (C=O) groups is 2. The number of hydrogen-bond acceptors (Lipinski definition) is 5. The lowest BCUT2D eigenvalue weighted by Gasteiger charge is -2.58. The third-order valence-electron chi connectivity index (χ3n) is 10.1. The van der Waals surface area contributed by atoms with Crippen molar-refractivity contribution in [3.8, 4) is 0 Å². The molecule has 2 heterocycles. The number of Topliss-reactive ketones (excluding diaryl/α,β-unsaturated/α-hetero) is 1. The SMILES string of the molecule is CC12CCC(=O)C=C1CCC1C2CCC2(C)C(C(=O)Cn3cnc4c(=S)nc[nH]c43)CCC12. The maximum Gasteiger partial charge on any atom is 0.157 e. The Morgan fingerprint density at radius 2 is 2.00 bits per heavy atom. The summed E-state index contributed by atoms with van der Waals surface area (Å²) in [7, 11) is 0. The Bertz CT molecular complexity index is 1240. The van der Waals surface area contributed by atoms with Gasteiger partial charge in [-0.15, -0.1) is 0 Å². The molecule has 33 heavy (non-hydrogen) atoms. The van der Waals surface area contributed by atoms with Gasteiger partial charge in [0, 0.05) is 12.3 Å². The van der Waals surface area contributed by atoms with Gasteiger partial charge >= 0.3 is 0 Å². The summed E-state index contributed by atoms with van der Waals surface area (Å²) in [5.41, 5.74) is 3.10. The van der Waals surface area contributed by atoms with Gasteiger partial charge in [-0.1, -0.05) is 31.6 Å². The van der Waals surface area contributed by atoms with Gasteiger partial charge in [-0.2, -0.15) is 0 Å². The molecule has 4 aliphatic rings. The van der Waals surface area contributed by atoms with Crippen LogP contribution in [0.1, 0.15) is 65.2 Å². The van der Waals surface area contributed by atoms with Gasteiger partial charge in [0.1, 0.15) is 11.2 Å². The predicted octanol–water partition coefficient (Wildman–Crippen LogP) is 5.21. The number of imidazole rings is 1. The number of ketones is 2. The number of nitrogens with zero attached hydrogens (tertiary/aromatic N) is 3. The van der Waals surface area contributed by atoms with E-state index >= 15 is 0 Å². The zero-order valence-electron chi connectivity index (χ0n) is 19.5. The van der Waals surface area contributed by atoms with Crippen LogP contribution >= 0.6 is 12.2 Å².